The van der Waals surface area contributed by atoms with Crippen LogP contribution in [0, 0.1) is 0 Å². The summed E-state index contributed by atoms with van der Waals surface area (Å²) in [5.74, 6) is 1.46. The van der Waals surface area contributed by atoms with Crippen LogP contribution in [0.4, 0.5) is 0 Å². The molecule has 0 saturated heterocycles. The van der Waals surface area contributed by atoms with Crippen LogP contribution in [0.3, 0.4) is 0 Å². The molecule has 0 radical (unpaired) electrons. The fraction of sp³-hybridized carbons (Fsp3) is 0.235. The van der Waals surface area contributed by atoms with Gasteiger partial charge in [-0.2, -0.15) is 0 Å². The highest BCUT2D eigenvalue weighted by molar-refractivity contribution is 6.05. The molecule has 3 rings (SSSR count). The molecule has 0 atom stereocenters. The van der Waals surface area contributed by atoms with Crippen molar-refractivity contribution < 1.29 is 14.7 Å². The van der Waals surface area contributed by atoms with Crippen LogP contribution in [0.25, 0.3) is 0 Å². The van der Waals surface area contributed by atoms with Gasteiger partial charge in [0.1, 0.15) is 6.61 Å². The van der Waals surface area contributed by atoms with E-state index >= 15 is 0 Å². The summed E-state index contributed by atoms with van der Waals surface area (Å²) < 4.78 is 11.4. The van der Waals surface area contributed by atoms with E-state index in [2.05, 4.69) is 5.16 Å². The van der Waals surface area contributed by atoms with Crippen molar-refractivity contribution in [2.24, 2.45) is 5.16 Å². The number of fused-ring (bicyclic) bond motifs is 1. The van der Waals surface area contributed by atoms with Crippen molar-refractivity contribution in [1.29, 1.82) is 0 Å². The van der Waals surface area contributed by atoms with E-state index in [1.165, 1.54) is 0 Å². The van der Waals surface area contributed by atoms with Crippen LogP contribution >= 0.6 is 0 Å². The number of ether oxygens (including phenoxy) is 2. The first-order chi connectivity index (χ1) is 10.3. The third-order valence-corrected chi connectivity index (χ3v) is 3.71. The molecule has 1 aliphatic carbocycles. The molecule has 1 aliphatic rings. The highest BCUT2D eigenvalue weighted by Gasteiger charge is 2.24. The lowest BCUT2D eigenvalue weighted by Gasteiger charge is -2.14. The Bertz CT molecular complexity index is 665. The number of benzene rings is 2. The Kier molecular flexibility index (Phi) is 3.77. The van der Waals surface area contributed by atoms with E-state index in [-0.39, 0.29) is 0 Å². The molecule has 0 aromatic heterocycles. The minimum absolute atomic E-state index is 0.485. The van der Waals surface area contributed by atoms with E-state index in [0.29, 0.717) is 18.1 Å². The SMILES string of the molecule is COc1ccc2c(c1OCc1ccccc1)CCC2=NO. The molecule has 2 aromatic carbocycles. The third-order valence-electron chi connectivity index (χ3n) is 3.71. The molecule has 0 saturated carbocycles. The second kappa shape index (κ2) is 5.87. The summed E-state index contributed by atoms with van der Waals surface area (Å²) in [6.07, 6.45) is 1.52. The van der Waals surface area contributed by atoms with Crippen molar-refractivity contribution >= 4 is 5.71 Å². The van der Waals surface area contributed by atoms with Gasteiger partial charge in [-0.3, -0.25) is 0 Å². The van der Waals surface area contributed by atoms with Crippen molar-refractivity contribution in [2.45, 2.75) is 19.4 Å². The lowest BCUT2D eigenvalue weighted by atomic mass is 10.1. The predicted molar refractivity (Wildman–Crippen MR) is 80.4 cm³/mol. The molecule has 0 fully saturated rings. The highest BCUT2D eigenvalue weighted by atomic mass is 16.5. The van der Waals surface area contributed by atoms with Crippen molar-refractivity contribution in [3.05, 3.63) is 59.2 Å². The van der Waals surface area contributed by atoms with E-state index < -0.39 is 0 Å². The van der Waals surface area contributed by atoms with Gasteiger partial charge in [0.2, 0.25) is 0 Å². The van der Waals surface area contributed by atoms with Crippen molar-refractivity contribution in [3.8, 4) is 11.5 Å². The van der Waals surface area contributed by atoms with Crippen LogP contribution in [0.1, 0.15) is 23.1 Å². The van der Waals surface area contributed by atoms with E-state index in [1.54, 1.807) is 7.11 Å². The zero-order valence-corrected chi connectivity index (χ0v) is 11.9. The summed E-state index contributed by atoms with van der Waals surface area (Å²) in [4.78, 5) is 0. The number of methoxy groups -OCH3 is 1. The number of nitrogens with zero attached hydrogens (tertiary/aromatic N) is 1. The molecule has 4 heteroatoms. The first kappa shape index (κ1) is 13.5. The van der Waals surface area contributed by atoms with Gasteiger partial charge in [0.05, 0.1) is 12.8 Å². The molecule has 4 nitrogen and oxygen atoms in total. The molecule has 0 unspecified atom stereocenters. The number of rotatable bonds is 4. The first-order valence-corrected chi connectivity index (χ1v) is 6.91. The Morgan fingerprint density at radius 2 is 1.90 bits per heavy atom. The van der Waals surface area contributed by atoms with Gasteiger partial charge in [-0.15, -0.1) is 0 Å². The molecular formula is C17H17NO3. The minimum Gasteiger partial charge on any atom is -0.493 e. The zero-order chi connectivity index (χ0) is 14.7. The Labute approximate surface area is 123 Å². The van der Waals surface area contributed by atoms with Crippen LogP contribution < -0.4 is 9.47 Å². The van der Waals surface area contributed by atoms with Crippen LogP contribution in [0.2, 0.25) is 0 Å². The summed E-state index contributed by atoms with van der Waals surface area (Å²) >= 11 is 0. The molecule has 0 heterocycles. The molecule has 2 aromatic rings. The van der Waals surface area contributed by atoms with Gasteiger partial charge < -0.3 is 14.7 Å². The smallest absolute Gasteiger partial charge is 0.165 e. The van der Waals surface area contributed by atoms with Crippen molar-refractivity contribution in [3.63, 3.8) is 0 Å². The minimum atomic E-state index is 0.485. The van der Waals surface area contributed by atoms with Gasteiger partial charge in [0.25, 0.3) is 0 Å². The summed E-state index contributed by atoms with van der Waals surface area (Å²) in [5.41, 5.74) is 3.81. The normalized spacial score (nSPS) is 15.0. The molecule has 108 valence electrons. The standard InChI is InChI=1S/C17H17NO3/c1-20-16-10-8-13-14(7-9-15(13)18-19)17(16)21-11-12-5-3-2-4-6-12/h2-6,8,10,19H,7,9,11H2,1H3. The Morgan fingerprint density at radius 3 is 2.62 bits per heavy atom. The topological polar surface area (TPSA) is 51.0 Å². The van der Waals surface area contributed by atoms with Gasteiger partial charge in [-0.05, 0) is 30.5 Å². The van der Waals surface area contributed by atoms with Crippen LogP contribution in [0.15, 0.2) is 47.6 Å². The number of hydrogen-bond acceptors (Lipinski definition) is 4. The fourth-order valence-electron chi connectivity index (χ4n) is 2.66. The lowest BCUT2D eigenvalue weighted by molar-refractivity contribution is 0.281. The molecule has 0 amide bonds. The van der Waals surface area contributed by atoms with Crippen LogP contribution in [-0.2, 0) is 13.0 Å². The van der Waals surface area contributed by atoms with E-state index in [4.69, 9.17) is 14.7 Å². The Morgan fingerprint density at radius 1 is 1.10 bits per heavy atom. The quantitative estimate of drug-likeness (QED) is 0.691. The van der Waals surface area contributed by atoms with Gasteiger partial charge in [0, 0.05) is 11.1 Å². The molecular weight excluding hydrogens is 266 g/mol. The summed E-state index contributed by atoms with van der Waals surface area (Å²) in [6, 6.07) is 13.8. The first-order valence-electron chi connectivity index (χ1n) is 6.91. The number of hydrogen-bond donors (Lipinski definition) is 1. The van der Waals surface area contributed by atoms with E-state index in [0.717, 1.165) is 35.3 Å². The lowest BCUT2D eigenvalue weighted by Crippen LogP contribution is -2.02. The summed E-state index contributed by atoms with van der Waals surface area (Å²) in [5, 5.41) is 12.4. The second-order valence-electron chi connectivity index (χ2n) is 4.94. The Hall–Kier alpha value is -2.49. The Balaban J connectivity index is 1.92. The molecule has 1 N–H and O–H groups in total. The maximum Gasteiger partial charge on any atom is 0.165 e. The fourth-order valence-corrected chi connectivity index (χ4v) is 2.66. The summed E-state index contributed by atoms with van der Waals surface area (Å²) in [7, 11) is 1.63. The largest absolute Gasteiger partial charge is 0.493 e. The van der Waals surface area contributed by atoms with Crippen molar-refractivity contribution in [2.75, 3.05) is 7.11 Å². The van der Waals surface area contributed by atoms with Gasteiger partial charge in [0.15, 0.2) is 11.5 Å². The van der Waals surface area contributed by atoms with Crippen LogP contribution in [0.5, 0.6) is 11.5 Å². The highest BCUT2D eigenvalue weighted by Crippen LogP contribution is 2.39. The molecule has 0 spiro atoms. The maximum atomic E-state index is 9.05. The van der Waals surface area contributed by atoms with Crippen molar-refractivity contribution in [1.82, 2.24) is 0 Å². The maximum absolute atomic E-state index is 9.05. The third kappa shape index (κ3) is 2.57. The van der Waals surface area contributed by atoms with Gasteiger partial charge in [-0.25, -0.2) is 0 Å². The predicted octanol–water partition coefficient (Wildman–Crippen LogP) is 3.40. The molecule has 0 aliphatic heterocycles. The molecule has 0 bridgehead atoms. The average molecular weight is 283 g/mol. The number of oxime groups is 1. The van der Waals surface area contributed by atoms with E-state index in [1.807, 2.05) is 42.5 Å². The van der Waals surface area contributed by atoms with Crippen LogP contribution in [-0.4, -0.2) is 18.0 Å². The average Bonchev–Trinajstić information content (AvgIpc) is 2.96. The zero-order valence-electron chi connectivity index (χ0n) is 11.9. The monoisotopic (exact) mass is 283 g/mol. The van der Waals surface area contributed by atoms with E-state index in [9.17, 15) is 0 Å². The molecule has 21 heavy (non-hydrogen) atoms. The van der Waals surface area contributed by atoms with Gasteiger partial charge in [-0.1, -0.05) is 35.5 Å². The summed E-state index contributed by atoms with van der Waals surface area (Å²) in [6.45, 7) is 0.485. The van der Waals surface area contributed by atoms with Gasteiger partial charge >= 0.3 is 0 Å². The second-order valence-corrected chi connectivity index (χ2v) is 4.94.